The van der Waals surface area contributed by atoms with Crippen molar-refractivity contribution in [1.29, 1.82) is 0 Å². The maximum atomic E-state index is 11.0. The topological polar surface area (TPSA) is 58.4 Å². The van der Waals surface area contributed by atoms with E-state index < -0.39 is 5.97 Å². The summed E-state index contributed by atoms with van der Waals surface area (Å²) < 4.78 is 2.08. The summed E-state index contributed by atoms with van der Waals surface area (Å²) in [4.78, 5) is 17.7. The number of nitrogens with zero attached hydrogens (tertiary/aromatic N) is 3. The number of likely N-dealkylation sites (tertiary alicyclic amines) is 1. The summed E-state index contributed by atoms with van der Waals surface area (Å²) >= 11 is 0. The van der Waals surface area contributed by atoms with Crippen LogP contribution < -0.4 is 0 Å². The Morgan fingerprint density at radius 2 is 2.37 bits per heavy atom. The Balaban J connectivity index is 1.90. The summed E-state index contributed by atoms with van der Waals surface area (Å²) in [6, 6.07) is 5.09. The molecule has 1 aromatic heterocycles. The minimum Gasteiger partial charge on any atom is -0.478 e. The Hall–Kier alpha value is -1.88. The molecule has 0 spiro atoms. The van der Waals surface area contributed by atoms with Gasteiger partial charge >= 0.3 is 5.97 Å². The fourth-order valence-electron chi connectivity index (χ4n) is 2.79. The number of fused-ring (bicyclic) bond motifs is 1. The monoisotopic (exact) mass is 259 g/mol. The minimum absolute atomic E-state index is 0.317. The molecule has 2 heterocycles. The molecular weight excluding hydrogens is 242 g/mol. The molecule has 1 aromatic carbocycles. The summed E-state index contributed by atoms with van der Waals surface area (Å²) in [5.41, 5.74) is 2.09. The lowest BCUT2D eigenvalue weighted by molar-refractivity contribution is 0.0697. The van der Waals surface area contributed by atoms with Gasteiger partial charge < -0.3 is 14.6 Å². The highest BCUT2D eigenvalue weighted by Crippen LogP contribution is 2.21. The van der Waals surface area contributed by atoms with Gasteiger partial charge in [-0.2, -0.15) is 0 Å². The second kappa shape index (κ2) is 4.66. The molecule has 2 aromatic rings. The molecule has 0 radical (unpaired) electrons. The molecule has 19 heavy (non-hydrogen) atoms. The van der Waals surface area contributed by atoms with Crippen molar-refractivity contribution in [3.8, 4) is 0 Å². The number of aromatic carboxylic acids is 1. The van der Waals surface area contributed by atoms with Crippen LogP contribution in [0.5, 0.6) is 0 Å². The second-order valence-electron chi connectivity index (χ2n) is 5.32. The molecule has 1 N–H and O–H groups in total. The third-order valence-electron chi connectivity index (χ3n) is 3.81. The third-order valence-corrected chi connectivity index (χ3v) is 3.81. The first-order valence-corrected chi connectivity index (χ1v) is 6.50. The molecule has 5 nitrogen and oxygen atoms in total. The summed E-state index contributed by atoms with van der Waals surface area (Å²) in [6.45, 7) is 3.14. The first-order valence-electron chi connectivity index (χ1n) is 6.50. The lowest BCUT2D eigenvalue weighted by Gasteiger charge is -2.12. The largest absolute Gasteiger partial charge is 0.478 e. The van der Waals surface area contributed by atoms with Crippen molar-refractivity contribution in [3.05, 3.63) is 30.1 Å². The van der Waals surface area contributed by atoms with Crippen LogP contribution in [0.1, 0.15) is 16.8 Å². The molecule has 0 saturated carbocycles. The lowest BCUT2D eigenvalue weighted by atomic mass is 10.1. The summed E-state index contributed by atoms with van der Waals surface area (Å²) in [5, 5.41) is 9.06. The van der Waals surface area contributed by atoms with Crippen LogP contribution in [0.3, 0.4) is 0 Å². The summed E-state index contributed by atoms with van der Waals surface area (Å²) in [6.07, 6.45) is 3.00. The molecule has 1 aliphatic rings. The highest BCUT2D eigenvalue weighted by Gasteiger charge is 2.20. The summed E-state index contributed by atoms with van der Waals surface area (Å²) in [7, 11) is 2.13. The second-order valence-corrected chi connectivity index (χ2v) is 5.32. The predicted octanol–water partition coefficient (Wildman–Crippen LogP) is 1.69. The van der Waals surface area contributed by atoms with E-state index in [1.165, 1.54) is 6.42 Å². The number of aromatic nitrogens is 2. The summed E-state index contributed by atoms with van der Waals surface area (Å²) in [5.74, 6) is -0.272. The molecular formula is C14H17N3O2. The van der Waals surface area contributed by atoms with Crippen molar-refractivity contribution < 1.29 is 9.90 Å². The Labute approximate surface area is 111 Å². The smallest absolute Gasteiger partial charge is 0.335 e. The van der Waals surface area contributed by atoms with Gasteiger partial charge in [-0.15, -0.1) is 0 Å². The van der Waals surface area contributed by atoms with Crippen LogP contribution in [0.15, 0.2) is 24.5 Å². The van der Waals surface area contributed by atoms with Crippen molar-refractivity contribution in [2.24, 2.45) is 5.92 Å². The number of hydrogen-bond acceptors (Lipinski definition) is 3. The molecule has 1 fully saturated rings. The third kappa shape index (κ3) is 2.33. The van der Waals surface area contributed by atoms with Gasteiger partial charge in [-0.25, -0.2) is 9.78 Å². The van der Waals surface area contributed by atoms with Crippen molar-refractivity contribution in [1.82, 2.24) is 14.5 Å². The zero-order chi connectivity index (χ0) is 13.4. The first kappa shape index (κ1) is 12.2. The van der Waals surface area contributed by atoms with E-state index in [-0.39, 0.29) is 0 Å². The van der Waals surface area contributed by atoms with Crippen molar-refractivity contribution in [3.63, 3.8) is 0 Å². The maximum absolute atomic E-state index is 11.0. The lowest BCUT2D eigenvalue weighted by Crippen LogP contribution is -2.16. The molecule has 0 aliphatic carbocycles. The van der Waals surface area contributed by atoms with Crippen molar-refractivity contribution in [2.75, 3.05) is 20.1 Å². The van der Waals surface area contributed by atoms with Gasteiger partial charge in [-0.1, -0.05) is 0 Å². The van der Waals surface area contributed by atoms with Crippen LogP contribution in [0.2, 0.25) is 0 Å². The number of imidazole rings is 1. The quantitative estimate of drug-likeness (QED) is 0.911. The highest BCUT2D eigenvalue weighted by molar-refractivity contribution is 5.92. The van der Waals surface area contributed by atoms with Gasteiger partial charge in [0.15, 0.2) is 0 Å². The zero-order valence-corrected chi connectivity index (χ0v) is 10.9. The van der Waals surface area contributed by atoms with Gasteiger partial charge in [0.05, 0.1) is 22.9 Å². The standard InChI is InChI=1S/C14H17N3O2/c1-16-5-4-10(7-16)8-17-9-15-12-3-2-11(14(18)19)6-13(12)17/h2-3,6,9-10H,4-5,7-8H2,1H3,(H,18,19). The average molecular weight is 259 g/mol. The zero-order valence-electron chi connectivity index (χ0n) is 10.9. The van der Waals surface area contributed by atoms with Gasteiger partial charge in [0, 0.05) is 13.1 Å². The van der Waals surface area contributed by atoms with Gasteiger partial charge in [0.1, 0.15) is 0 Å². The van der Waals surface area contributed by atoms with Gasteiger partial charge in [-0.3, -0.25) is 0 Å². The number of carboxylic acid groups (broad SMARTS) is 1. The molecule has 0 amide bonds. The van der Waals surface area contributed by atoms with Crippen LogP contribution in [-0.4, -0.2) is 45.7 Å². The molecule has 1 atom stereocenters. The number of benzene rings is 1. The molecule has 3 rings (SSSR count). The van der Waals surface area contributed by atoms with E-state index in [2.05, 4.69) is 21.5 Å². The van der Waals surface area contributed by atoms with E-state index >= 15 is 0 Å². The molecule has 1 saturated heterocycles. The fraction of sp³-hybridized carbons (Fsp3) is 0.429. The molecule has 1 aliphatic heterocycles. The fourth-order valence-corrected chi connectivity index (χ4v) is 2.79. The average Bonchev–Trinajstić information content (AvgIpc) is 2.96. The van der Waals surface area contributed by atoms with Crippen LogP contribution in [-0.2, 0) is 6.54 Å². The van der Waals surface area contributed by atoms with E-state index in [1.54, 1.807) is 18.2 Å². The highest BCUT2D eigenvalue weighted by atomic mass is 16.4. The molecule has 100 valence electrons. The number of rotatable bonds is 3. The van der Waals surface area contributed by atoms with E-state index in [4.69, 9.17) is 5.11 Å². The Morgan fingerprint density at radius 1 is 1.53 bits per heavy atom. The molecule has 0 bridgehead atoms. The molecule has 1 unspecified atom stereocenters. The van der Waals surface area contributed by atoms with Gasteiger partial charge in [0.2, 0.25) is 0 Å². The van der Waals surface area contributed by atoms with Gasteiger partial charge in [-0.05, 0) is 44.1 Å². The Morgan fingerprint density at radius 3 is 3.05 bits per heavy atom. The minimum atomic E-state index is -0.893. The van der Waals surface area contributed by atoms with Crippen LogP contribution in [0.4, 0.5) is 0 Å². The number of carboxylic acids is 1. The van der Waals surface area contributed by atoms with Crippen LogP contribution in [0.25, 0.3) is 11.0 Å². The van der Waals surface area contributed by atoms with Gasteiger partial charge in [0.25, 0.3) is 0 Å². The predicted molar refractivity (Wildman–Crippen MR) is 72.3 cm³/mol. The SMILES string of the molecule is CN1CCC(Cn2cnc3ccc(C(=O)O)cc32)C1. The van der Waals surface area contributed by atoms with Crippen LogP contribution >= 0.6 is 0 Å². The molecule has 5 heteroatoms. The van der Waals surface area contributed by atoms with Crippen molar-refractivity contribution in [2.45, 2.75) is 13.0 Å². The Bertz CT molecular complexity index is 620. The van der Waals surface area contributed by atoms with E-state index in [1.807, 2.05) is 6.33 Å². The first-order chi connectivity index (χ1) is 9.13. The Kier molecular flexibility index (Phi) is 2.98. The maximum Gasteiger partial charge on any atom is 0.335 e. The van der Waals surface area contributed by atoms with E-state index in [0.29, 0.717) is 11.5 Å². The van der Waals surface area contributed by atoms with Crippen molar-refractivity contribution >= 4 is 17.0 Å². The number of hydrogen-bond donors (Lipinski definition) is 1. The normalized spacial score (nSPS) is 20.2. The van der Waals surface area contributed by atoms with Crippen LogP contribution in [0, 0.1) is 5.92 Å². The van der Waals surface area contributed by atoms with E-state index in [9.17, 15) is 4.79 Å². The number of carbonyl (C=O) groups is 1. The van der Waals surface area contributed by atoms with E-state index in [0.717, 1.165) is 30.7 Å².